The van der Waals surface area contributed by atoms with Gasteiger partial charge in [-0.15, -0.1) is 0 Å². The van der Waals surface area contributed by atoms with E-state index in [1.165, 1.54) is 12.1 Å². The number of hydrogen-bond donors (Lipinski definition) is 1. The Morgan fingerprint density at radius 2 is 2.25 bits per heavy atom. The standard InChI is InChI=1S/C12H14ClFO2/c1-2-16-9-6-5-8(14)10(11(9)13)12(15)7-3-4-7/h5-7,12,15H,2-4H2,1H3. The minimum atomic E-state index is -0.812. The second-order valence-corrected chi connectivity index (χ2v) is 4.37. The molecule has 0 amide bonds. The van der Waals surface area contributed by atoms with E-state index in [0.717, 1.165) is 12.8 Å². The SMILES string of the molecule is CCOc1ccc(F)c(C(O)C2CC2)c1Cl. The Balaban J connectivity index is 2.36. The maximum Gasteiger partial charge on any atom is 0.138 e. The molecule has 1 atom stereocenters. The average Bonchev–Trinajstić information content (AvgIpc) is 3.06. The third-order valence-corrected chi connectivity index (χ3v) is 3.15. The van der Waals surface area contributed by atoms with Crippen molar-refractivity contribution in [1.82, 2.24) is 0 Å². The van der Waals surface area contributed by atoms with Gasteiger partial charge < -0.3 is 9.84 Å². The highest BCUT2D eigenvalue weighted by Gasteiger charge is 2.34. The molecule has 1 aromatic carbocycles. The summed E-state index contributed by atoms with van der Waals surface area (Å²) in [5.41, 5.74) is 0.176. The van der Waals surface area contributed by atoms with Gasteiger partial charge in [-0.25, -0.2) is 4.39 Å². The molecule has 1 aliphatic carbocycles. The van der Waals surface area contributed by atoms with E-state index < -0.39 is 11.9 Å². The van der Waals surface area contributed by atoms with Gasteiger partial charge in [-0.05, 0) is 37.8 Å². The first-order valence-electron chi connectivity index (χ1n) is 5.44. The molecular formula is C12H14ClFO2. The lowest BCUT2D eigenvalue weighted by Gasteiger charge is -2.15. The summed E-state index contributed by atoms with van der Waals surface area (Å²) in [6.07, 6.45) is 1.04. The van der Waals surface area contributed by atoms with Gasteiger partial charge in [0.2, 0.25) is 0 Å². The first-order chi connectivity index (χ1) is 7.65. The van der Waals surface area contributed by atoms with Gasteiger partial charge >= 0.3 is 0 Å². The second-order valence-electron chi connectivity index (χ2n) is 3.99. The van der Waals surface area contributed by atoms with Gasteiger partial charge in [0, 0.05) is 5.56 Å². The van der Waals surface area contributed by atoms with E-state index in [9.17, 15) is 9.50 Å². The van der Waals surface area contributed by atoms with Crippen molar-refractivity contribution in [3.05, 3.63) is 28.5 Å². The lowest BCUT2D eigenvalue weighted by molar-refractivity contribution is 0.149. The van der Waals surface area contributed by atoms with Crippen LogP contribution >= 0.6 is 11.6 Å². The third kappa shape index (κ3) is 2.15. The van der Waals surface area contributed by atoms with Crippen molar-refractivity contribution in [3.63, 3.8) is 0 Å². The van der Waals surface area contributed by atoms with Crippen LogP contribution in [0, 0.1) is 11.7 Å². The van der Waals surface area contributed by atoms with Crippen LogP contribution in [0.4, 0.5) is 4.39 Å². The second kappa shape index (κ2) is 4.60. The summed E-state index contributed by atoms with van der Waals surface area (Å²) >= 11 is 6.03. The van der Waals surface area contributed by atoms with Crippen molar-refractivity contribution in [1.29, 1.82) is 0 Å². The first-order valence-corrected chi connectivity index (χ1v) is 5.81. The molecule has 0 saturated heterocycles. The predicted octanol–water partition coefficient (Wildman–Crippen LogP) is 3.32. The Kier molecular flexibility index (Phi) is 3.36. The molecular weight excluding hydrogens is 231 g/mol. The van der Waals surface area contributed by atoms with Crippen LogP contribution in [0.3, 0.4) is 0 Å². The molecule has 1 aliphatic rings. The van der Waals surface area contributed by atoms with E-state index in [-0.39, 0.29) is 16.5 Å². The Labute approximate surface area is 99.0 Å². The molecule has 1 fully saturated rings. The van der Waals surface area contributed by atoms with Crippen LogP contribution in [0.1, 0.15) is 31.4 Å². The summed E-state index contributed by atoms with van der Waals surface area (Å²) in [6.45, 7) is 2.29. The fourth-order valence-electron chi connectivity index (χ4n) is 1.74. The highest BCUT2D eigenvalue weighted by molar-refractivity contribution is 6.32. The largest absolute Gasteiger partial charge is 0.492 e. The molecule has 1 N–H and O–H groups in total. The van der Waals surface area contributed by atoms with Crippen molar-refractivity contribution in [2.24, 2.45) is 5.92 Å². The van der Waals surface area contributed by atoms with Crippen molar-refractivity contribution >= 4 is 11.6 Å². The predicted molar refractivity (Wildman–Crippen MR) is 60.3 cm³/mol. The minimum absolute atomic E-state index is 0.142. The summed E-state index contributed by atoms with van der Waals surface area (Å²) in [5.74, 6) is 0.108. The average molecular weight is 245 g/mol. The summed E-state index contributed by atoms with van der Waals surface area (Å²) < 4.78 is 18.9. The molecule has 2 nitrogen and oxygen atoms in total. The van der Waals surface area contributed by atoms with Crippen molar-refractivity contribution in [2.45, 2.75) is 25.9 Å². The van der Waals surface area contributed by atoms with E-state index in [2.05, 4.69) is 0 Å². The molecule has 88 valence electrons. The summed E-state index contributed by atoms with van der Waals surface area (Å²) in [7, 11) is 0. The molecule has 0 aromatic heterocycles. The van der Waals surface area contributed by atoms with Gasteiger partial charge in [-0.1, -0.05) is 11.6 Å². The number of aliphatic hydroxyl groups is 1. The maximum absolute atomic E-state index is 13.6. The maximum atomic E-state index is 13.6. The van der Waals surface area contributed by atoms with Crippen molar-refractivity contribution in [2.75, 3.05) is 6.61 Å². The van der Waals surface area contributed by atoms with Gasteiger partial charge in [0.15, 0.2) is 0 Å². The van der Waals surface area contributed by atoms with Gasteiger partial charge in [0.1, 0.15) is 11.6 Å². The van der Waals surface area contributed by atoms with Gasteiger partial charge in [-0.3, -0.25) is 0 Å². The van der Waals surface area contributed by atoms with Crippen LogP contribution in [0.15, 0.2) is 12.1 Å². The van der Waals surface area contributed by atoms with Crippen molar-refractivity contribution < 1.29 is 14.2 Å². The topological polar surface area (TPSA) is 29.5 Å². The van der Waals surface area contributed by atoms with E-state index in [1.54, 1.807) is 0 Å². The molecule has 1 aromatic rings. The third-order valence-electron chi connectivity index (χ3n) is 2.76. The molecule has 1 saturated carbocycles. The van der Waals surface area contributed by atoms with Crippen LogP contribution in [-0.4, -0.2) is 11.7 Å². The summed E-state index contributed by atoms with van der Waals surface area (Å²) in [4.78, 5) is 0. The van der Waals surface area contributed by atoms with E-state index in [1.807, 2.05) is 6.92 Å². The molecule has 0 spiro atoms. The Bertz CT molecular complexity index is 391. The minimum Gasteiger partial charge on any atom is -0.492 e. The lowest BCUT2D eigenvalue weighted by Crippen LogP contribution is -2.05. The van der Waals surface area contributed by atoms with Gasteiger partial charge in [0.25, 0.3) is 0 Å². The van der Waals surface area contributed by atoms with E-state index >= 15 is 0 Å². The molecule has 0 heterocycles. The monoisotopic (exact) mass is 244 g/mol. The molecule has 0 aliphatic heterocycles. The number of aliphatic hydroxyl groups excluding tert-OH is 1. The number of benzene rings is 1. The van der Waals surface area contributed by atoms with Gasteiger partial charge in [-0.2, -0.15) is 0 Å². The number of halogens is 2. The normalized spacial score (nSPS) is 17.2. The zero-order valence-electron chi connectivity index (χ0n) is 9.04. The summed E-state index contributed by atoms with van der Waals surface area (Å²) in [5, 5.41) is 10.1. The zero-order chi connectivity index (χ0) is 11.7. The molecule has 1 unspecified atom stereocenters. The Morgan fingerprint density at radius 1 is 1.56 bits per heavy atom. The Morgan fingerprint density at radius 3 is 2.81 bits per heavy atom. The zero-order valence-corrected chi connectivity index (χ0v) is 9.80. The summed E-state index contributed by atoms with van der Waals surface area (Å²) in [6, 6.07) is 2.78. The number of ether oxygens (including phenoxy) is 1. The molecule has 16 heavy (non-hydrogen) atoms. The highest BCUT2D eigenvalue weighted by atomic mass is 35.5. The van der Waals surface area contributed by atoms with E-state index in [0.29, 0.717) is 12.4 Å². The van der Waals surface area contributed by atoms with Crippen LogP contribution < -0.4 is 4.74 Å². The van der Waals surface area contributed by atoms with Crippen LogP contribution in [0.5, 0.6) is 5.75 Å². The quantitative estimate of drug-likeness (QED) is 0.881. The molecule has 0 bridgehead atoms. The smallest absolute Gasteiger partial charge is 0.138 e. The lowest BCUT2D eigenvalue weighted by atomic mass is 10.0. The fourth-order valence-corrected chi connectivity index (χ4v) is 2.05. The highest BCUT2D eigenvalue weighted by Crippen LogP contribution is 2.45. The van der Waals surface area contributed by atoms with E-state index in [4.69, 9.17) is 16.3 Å². The molecule has 2 rings (SSSR count). The van der Waals surface area contributed by atoms with Crippen molar-refractivity contribution in [3.8, 4) is 5.75 Å². The first kappa shape index (κ1) is 11.7. The van der Waals surface area contributed by atoms with Crippen LogP contribution in [-0.2, 0) is 0 Å². The number of hydrogen-bond acceptors (Lipinski definition) is 2. The van der Waals surface area contributed by atoms with Gasteiger partial charge in [0.05, 0.1) is 17.7 Å². The number of rotatable bonds is 4. The molecule has 0 radical (unpaired) electrons. The Hall–Kier alpha value is -0.800. The van der Waals surface area contributed by atoms with Crippen LogP contribution in [0.2, 0.25) is 5.02 Å². The fraction of sp³-hybridized carbons (Fsp3) is 0.500. The molecule has 4 heteroatoms. The van der Waals surface area contributed by atoms with Crippen LogP contribution in [0.25, 0.3) is 0 Å².